The van der Waals surface area contributed by atoms with Gasteiger partial charge in [-0.05, 0) is 30.3 Å². The molecular formula is C16H14Cl2N2O4. The molecule has 8 heteroatoms. The topological polar surface area (TPSA) is 80.2 Å². The average Bonchev–Trinajstić information content (AvgIpc) is 2.58. The van der Waals surface area contributed by atoms with Crippen molar-refractivity contribution in [3.05, 3.63) is 51.5 Å². The highest BCUT2D eigenvalue weighted by atomic mass is 35.5. The second kappa shape index (κ2) is 7.90. The van der Waals surface area contributed by atoms with Crippen LogP contribution in [-0.2, 0) is 0 Å². The first-order valence-corrected chi connectivity index (χ1v) is 7.45. The van der Waals surface area contributed by atoms with Gasteiger partial charge in [0.25, 0.3) is 5.91 Å². The lowest BCUT2D eigenvalue weighted by Gasteiger charge is -2.09. The average molecular weight is 369 g/mol. The van der Waals surface area contributed by atoms with Crippen molar-refractivity contribution in [2.45, 2.75) is 0 Å². The minimum atomic E-state index is -0.442. The number of hydrogen-bond donors (Lipinski definition) is 2. The molecule has 1 amide bonds. The molecule has 0 aliphatic rings. The van der Waals surface area contributed by atoms with Crippen LogP contribution >= 0.6 is 23.2 Å². The third-order valence-electron chi connectivity index (χ3n) is 3.06. The summed E-state index contributed by atoms with van der Waals surface area (Å²) in [5.74, 6) is -0.0993. The molecule has 24 heavy (non-hydrogen) atoms. The lowest BCUT2D eigenvalue weighted by molar-refractivity contribution is 0.0955. The molecule has 0 aliphatic heterocycles. The van der Waals surface area contributed by atoms with E-state index in [2.05, 4.69) is 10.5 Å². The molecule has 2 N–H and O–H groups in total. The number of ether oxygens (including phenoxy) is 2. The van der Waals surface area contributed by atoms with E-state index in [0.29, 0.717) is 16.1 Å². The monoisotopic (exact) mass is 368 g/mol. The molecule has 126 valence electrons. The minimum absolute atomic E-state index is 0.114. The third kappa shape index (κ3) is 4.10. The summed E-state index contributed by atoms with van der Waals surface area (Å²) in [6.07, 6.45) is 1.39. The van der Waals surface area contributed by atoms with Crippen LogP contribution in [0.5, 0.6) is 17.2 Å². The highest BCUT2D eigenvalue weighted by Crippen LogP contribution is 2.36. The van der Waals surface area contributed by atoms with Gasteiger partial charge in [0, 0.05) is 11.1 Å². The highest BCUT2D eigenvalue weighted by molar-refractivity contribution is 6.42. The molecule has 0 saturated heterocycles. The number of amides is 1. The predicted molar refractivity (Wildman–Crippen MR) is 92.7 cm³/mol. The smallest absolute Gasteiger partial charge is 0.271 e. The van der Waals surface area contributed by atoms with Crippen molar-refractivity contribution < 1.29 is 19.4 Å². The molecular weight excluding hydrogens is 355 g/mol. The SMILES string of the molecule is COc1cc(/C=N/NC(=O)c2ccc(Cl)c(Cl)c2)cc(OC)c1O. The van der Waals surface area contributed by atoms with E-state index in [0.717, 1.165) is 0 Å². The van der Waals surface area contributed by atoms with Gasteiger partial charge in [0.1, 0.15) is 0 Å². The van der Waals surface area contributed by atoms with Gasteiger partial charge < -0.3 is 14.6 Å². The van der Waals surface area contributed by atoms with Crippen LogP contribution in [0.15, 0.2) is 35.4 Å². The number of benzene rings is 2. The summed E-state index contributed by atoms with van der Waals surface area (Å²) >= 11 is 11.7. The number of carbonyl (C=O) groups excluding carboxylic acids is 1. The maximum Gasteiger partial charge on any atom is 0.271 e. The van der Waals surface area contributed by atoms with Crippen LogP contribution in [0.2, 0.25) is 10.0 Å². The van der Waals surface area contributed by atoms with Crippen LogP contribution in [0, 0.1) is 0 Å². The second-order valence-corrected chi connectivity index (χ2v) is 5.42. The molecule has 0 aliphatic carbocycles. The van der Waals surface area contributed by atoms with Gasteiger partial charge in [0.2, 0.25) is 5.75 Å². The number of hydrazone groups is 1. The van der Waals surface area contributed by atoms with E-state index >= 15 is 0 Å². The Morgan fingerprint density at radius 1 is 1.12 bits per heavy atom. The molecule has 0 saturated carbocycles. The third-order valence-corrected chi connectivity index (χ3v) is 3.80. The zero-order valence-corrected chi connectivity index (χ0v) is 14.4. The van der Waals surface area contributed by atoms with E-state index in [4.69, 9.17) is 32.7 Å². The fourth-order valence-corrected chi connectivity index (χ4v) is 2.15. The van der Waals surface area contributed by atoms with Gasteiger partial charge in [-0.15, -0.1) is 0 Å². The van der Waals surface area contributed by atoms with Crippen molar-refractivity contribution in [3.8, 4) is 17.2 Å². The summed E-state index contributed by atoms with van der Waals surface area (Å²) in [5, 5.41) is 14.3. The molecule has 0 aromatic heterocycles. The van der Waals surface area contributed by atoms with Crippen molar-refractivity contribution >= 4 is 35.3 Å². The molecule has 2 rings (SSSR count). The normalized spacial score (nSPS) is 10.7. The van der Waals surface area contributed by atoms with E-state index in [1.54, 1.807) is 12.1 Å². The first kappa shape index (κ1) is 17.9. The number of nitrogens with zero attached hydrogens (tertiary/aromatic N) is 1. The van der Waals surface area contributed by atoms with E-state index in [1.807, 2.05) is 0 Å². The number of hydrogen-bond acceptors (Lipinski definition) is 5. The maximum absolute atomic E-state index is 12.0. The summed E-state index contributed by atoms with van der Waals surface area (Å²) in [6, 6.07) is 7.60. The molecule has 0 fully saturated rings. The van der Waals surface area contributed by atoms with Crippen LogP contribution in [-0.4, -0.2) is 31.4 Å². The number of phenols is 1. The first-order chi connectivity index (χ1) is 11.5. The quantitative estimate of drug-likeness (QED) is 0.625. The predicted octanol–water partition coefficient (Wildman–Crippen LogP) is 3.48. The minimum Gasteiger partial charge on any atom is -0.502 e. The van der Waals surface area contributed by atoms with Crippen LogP contribution in [0.1, 0.15) is 15.9 Å². The summed E-state index contributed by atoms with van der Waals surface area (Å²) < 4.78 is 10.1. The zero-order valence-electron chi connectivity index (χ0n) is 12.8. The number of methoxy groups -OCH3 is 2. The Kier molecular flexibility index (Phi) is 5.89. The molecule has 0 spiro atoms. The van der Waals surface area contributed by atoms with Gasteiger partial charge in [0.15, 0.2) is 11.5 Å². The highest BCUT2D eigenvalue weighted by Gasteiger charge is 2.10. The van der Waals surface area contributed by atoms with E-state index in [1.165, 1.54) is 38.6 Å². The zero-order chi connectivity index (χ0) is 17.7. The number of phenolic OH excluding ortho intramolecular Hbond substituents is 1. The Bertz CT molecular complexity index is 769. The van der Waals surface area contributed by atoms with Crippen molar-refractivity contribution in [1.82, 2.24) is 5.43 Å². The Morgan fingerprint density at radius 2 is 1.75 bits per heavy atom. The van der Waals surface area contributed by atoms with Gasteiger partial charge in [-0.3, -0.25) is 4.79 Å². The molecule has 0 unspecified atom stereocenters. The van der Waals surface area contributed by atoms with E-state index in [-0.39, 0.29) is 22.3 Å². The number of halogens is 2. The Morgan fingerprint density at radius 3 is 2.29 bits per heavy atom. The molecule has 0 atom stereocenters. The van der Waals surface area contributed by atoms with Crippen molar-refractivity contribution in [2.24, 2.45) is 5.10 Å². The standard InChI is InChI=1S/C16H14Cl2N2O4/c1-23-13-5-9(6-14(24-2)15(13)21)8-19-20-16(22)10-3-4-11(17)12(18)7-10/h3-8,21H,1-2H3,(H,20,22)/b19-8+. The number of rotatable bonds is 5. The van der Waals surface area contributed by atoms with Crippen LogP contribution in [0.3, 0.4) is 0 Å². The Balaban J connectivity index is 2.13. The van der Waals surface area contributed by atoms with Crippen LogP contribution in [0.25, 0.3) is 0 Å². The lowest BCUT2D eigenvalue weighted by atomic mass is 10.2. The number of carbonyl (C=O) groups is 1. The van der Waals surface area contributed by atoms with Crippen molar-refractivity contribution in [2.75, 3.05) is 14.2 Å². The molecule has 0 radical (unpaired) electrons. The van der Waals surface area contributed by atoms with E-state index in [9.17, 15) is 9.90 Å². The summed E-state index contributed by atoms with van der Waals surface area (Å²) in [6.45, 7) is 0. The van der Waals surface area contributed by atoms with Gasteiger partial charge in [0.05, 0.1) is 30.5 Å². The number of aromatic hydroxyl groups is 1. The van der Waals surface area contributed by atoms with Gasteiger partial charge in [-0.2, -0.15) is 5.10 Å². The van der Waals surface area contributed by atoms with Gasteiger partial charge in [-0.1, -0.05) is 23.2 Å². The largest absolute Gasteiger partial charge is 0.502 e. The summed E-state index contributed by atoms with van der Waals surface area (Å²) in [4.78, 5) is 12.0. The molecule has 0 bridgehead atoms. The fourth-order valence-electron chi connectivity index (χ4n) is 1.86. The first-order valence-electron chi connectivity index (χ1n) is 6.69. The second-order valence-electron chi connectivity index (χ2n) is 4.60. The summed E-state index contributed by atoms with van der Waals surface area (Å²) in [5.41, 5.74) is 3.26. The van der Waals surface area contributed by atoms with E-state index < -0.39 is 5.91 Å². The number of nitrogens with one attached hydrogen (secondary N) is 1. The Labute approximate surface area is 148 Å². The van der Waals surface area contributed by atoms with Gasteiger partial charge in [-0.25, -0.2) is 5.43 Å². The van der Waals surface area contributed by atoms with Crippen LogP contribution in [0.4, 0.5) is 0 Å². The molecule has 6 nitrogen and oxygen atoms in total. The van der Waals surface area contributed by atoms with Gasteiger partial charge >= 0.3 is 0 Å². The lowest BCUT2D eigenvalue weighted by Crippen LogP contribution is -2.17. The van der Waals surface area contributed by atoms with Crippen molar-refractivity contribution in [1.29, 1.82) is 0 Å². The maximum atomic E-state index is 12.0. The fraction of sp³-hybridized carbons (Fsp3) is 0.125. The Hall–Kier alpha value is -2.44. The molecule has 0 heterocycles. The molecule has 2 aromatic rings. The molecule has 2 aromatic carbocycles. The summed E-state index contributed by atoms with van der Waals surface area (Å²) in [7, 11) is 2.84. The van der Waals surface area contributed by atoms with Crippen molar-refractivity contribution in [3.63, 3.8) is 0 Å². The van der Waals surface area contributed by atoms with Crippen LogP contribution < -0.4 is 14.9 Å².